The van der Waals surface area contributed by atoms with Crippen LogP contribution in [0.1, 0.15) is 31.3 Å². The molecule has 3 aromatic rings. The summed E-state index contributed by atoms with van der Waals surface area (Å²) in [5, 5.41) is 2.84. The number of nitrogens with one attached hydrogen (secondary N) is 1. The van der Waals surface area contributed by atoms with Gasteiger partial charge < -0.3 is 9.88 Å². The molecule has 1 atom stereocenters. The summed E-state index contributed by atoms with van der Waals surface area (Å²) in [6.45, 7) is 3.66. The maximum absolute atomic E-state index is 12.1. The van der Waals surface area contributed by atoms with E-state index in [0.717, 1.165) is 16.6 Å². The highest BCUT2D eigenvalue weighted by atomic mass is 16.1. The molecule has 1 aromatic heterocycles. The fourth-order valence-corrected chi connectivity index (χ4v) is 2.79. The van der Waals surface area contributed by atoms with Crippen LogP contribution in [0, 0.1) is 0 Å². The number of fused-ring (bicyclic) bond motifs is 1. The van der Waals surface area contributed by atoms with Crippen molar-refractivity contribution < 1.29 is 9.59 Å². The van der Waals surface area contributed by atoms with Gasteiger partial charge in [-0.05, 0) is 37.6 Å². The van der Waals surface area contributed by atoms with E-state index in [-0.39, 0.29) is 24.3 Å². The van der Waals surface area contributed by atoms with Gasteiger partial charge in [0, 0.05) is 6.08 Å². The van der Waals surface area contributed by atoms with Gasteiger partial charge in [-0.3, -0.25) is 9.59 Å². The number of carbonyl (C=O) groups excluding carboxylic acids is 2. The third-order valence-electron chi connectivity index (χ3n) is 4.29. The second kappa shape index (κ2) is 7.78. The lowest BCUT2D eigenvalue weighted by atomic mass is 10.2. The zero-order valence-electron chi connectivity index (χ0n) is 14.8. The summed E-state index contributed by atoms with van der Waals surface area (Å²) in [4.78, 5) is 28.6. The summed E-state index contributed by atoms with van der Waals surface area (Å²) in [5.41, 5.74) is 2.66. The van der Waals surface area contributed by atoms with Gasteiger partial charge in [0.05, 0.1) is 23.6 Å². The van der Waals surface area contributed by atoms with Crippen LogP contribution < -0.4 is 5.32 Å². The van der Waals surface area contributed by atoms with E-state index in [1.807, 2.05) is 66.1 Å². The van der Waals surface area contributed by atoms with E-state index in [1.54, 1.807) is 13.0 Å². The van der Waals surface area contributed by atoms with Crippen molar-refractivity contribution in [3.8, 4) is 0 Å². The van der Waals surface area contributed by atoms with Gasteiger partial charge in [0.1, 0.15) is 5.82 Å². The molecule has 1 N–H and O–H groups in total. The van der Waals surface area contributed by atoms with Gasteiger partial charge in [-0.25, -0.2) is 4.98 Å². The Kier molecular flexibility index (Phi) is 5.27. The van der Waals surface area contributed by atoms with Gasteiger partial charge in [0.2, 0.25) is 5.91 Å². The Balaban J connectivity index is 1.78. The van der Waals surface area contributed by atoms with E-state index in [9.17, 15) is 9.59 Å². The largest absolute Gasteiger partial charge is 0.345 e. The molecule has 3 rings (SSSR count). The molecule has 1 amide bonds. The van der Waals surface area contributed by atoms with Crippen LogP contribution in [0.15, 0.2) is 60.7 Å². The van der Waals surface area contributed by atoms with Gasteiger partial charge in [-0.15, -0.1) is 0 Å². The predicted octanol–water partition coefficient (Wildman–Crippen LogP) is 3.52. The van der Waals surface area contributed by atoms with E-state index in [0.29, 0.717) is 5.82 Å². The first-order chi connectivity index (χ1) is 12.6. The number of para-hydroxylation sites is 2. The first kappa shape index (κ1) is 17.6. The number of rotatable bonds is 6. The van der Waals surface area contributed by atoms with Crippen molar-refractivity contribution in [3.63, 3.8) is 0 Å². The quantitative estimate of drug-likeness (QED) is 0.694. The monoisotopic (exact) mass is 347 g/mol. The van der Waals surface area contributed by atoms with Crippen LogP contribution >= 0.6 is 0 Å². The van der Waals surface area contributed by atoms with Gasteiger partial charge in [-0.2, -0.15) is 0 Å². The Labute approximate surface area is 152 Å². The lowest BCUT2D eigenvalue weighted by Crippen LogP contribution is -2.24. The molecule has 26 heavy (non-hydrogen) atoms. The Morgan fingerprint density at radius 2 is 1.81 bits per heavy atom. The Bertz CT molecular complexity index is 958. The van der Waals surface area contributed by atoms with E-state index in [1.165, 1.54) is 6.08 Å². The van der Waals surface area contributed by atoms with E-state index in [4.69, 9.17) is 0 Å². The summed E-state index contributed by atoms with van der Waals surface area (Å²) >= 11 is 0. The summed E-state index contributed by atoms with van der Waals surface area (Å²) in [5.74, 6) is 0.503. The lowest BCUT2D eigenvalue weighted by molar-refractivity contribution is -0.119. The number of hydrogen-bond acceptors (Lipinski definition) is 3. The average molecular weight is 347 g/mol. The molecule has 1 heterocycles. The third-order valence-corrected chi connectivity index (χ3v) is 4.29. The molecule has 0 fully saturated rings. The number of benzene rings is 2. The van der Waals surface area contributed by atoms with Gasteiger partial charge in [0.15, 0.2) is 5.78 Å². The number of amides is 1. The molecule has 5 heteroatoms. The van der Waals surface area contributed by atoms with Crippen LogP contribution in [-0.2, 0) is 16.1 Å². The fraction of sp³-hybridized carbons (Fsp3) is 0.190. The van der Waals surface area contributed by atoms with Crippen LogP contribution in [0.25, 0.3) is 17.1 Å². The molecule has 1 unspecified atom stereocenters. The molecule has 0 aliphatic rings. The van der Waals surface area contributed by atoms with Gasteiger partial charge in [-0.1, -0.05) is 42.5 Å². The number of carbonyl (C=O) groups is 2. The van der Waals surface area contributed by atoms with E-state index < -0.39 is 0 Å². The first-order valence-corrected chi connectivity index (χ1v) is 8.53. The molecule has 0 radical (unpaired) electrons. The normalized spacial score (nSPS) is 12.4. The van der Waals surface area contributed by atoms with Crippen LogP contribution in [0.3, 0.4) is 0 Å². The van der Waals surface area contributed by atoms with Crippen molar-refractivity contribution in [3.05, 3.63) is 72.1 Å². The molecule has 0 aliphatic carbocycles. The number of aromatic nitrogens is 2. The van der Waals surface area contributed by atoms with Crippen molar-refractivity contribution in [2.45, 2.75) is 26.4 Å². The van der Waals surface area contributed by atoms with Crippen molar-refractivity contribution in [1.82, 2.24) is 14.9 Å². The van der Waals surface area contributed by atoms with Crippen LogP contribution in [0.5, 0.6) is 0 Å². The molecule has 0 saturated carbocycles. The average Bonchev–Trinajstić information content (AvgIpc) is 3.03. The summed E-state index contributed by atoms with van der Waals surface area (Å²) < 4.78 is 1.89. The predicted molar refractivity (Wildman–Crippen MR) is 102 cm³/mol. The molecule has 0 bridgehead atoms. The summed E-state index contributed by atoms with van der Waals surface area (Å²) in [7, 11) is 0. The molecule has 5 nitrogen and oxygen atoms in total. The van der Waals surface area contributed by atoms with Crippen molar-refractivity contribution in [1.29, 1.82) is 0 Å². The second-order valence-corrected chi connectivity index (χ2v) is 6.14. The molecule has 0 saturated heterocycles. The van der Waals surface area contributed by atoms with Crippen molar-refractivity contribution in [2.24, 2.45) is 0 Å². The van der Waals surface area contributed by atoms with E-state index in [2.05, 4.69) is 10.3 Å². The number of nitrogens with zero attached hydrogens (tertiary/aromatic N) is 2. The highest BCUT2D eigenvalue weighted by Gasteiger charge is 2.18. The Morgan fingerprint density at radius 3 is 2.54 bits per heavy atom. The smallest absolute Gasteiger partial charge is 0.244 e. The molecule has 132 valence electrons. The van der Waals surface area contributed by atoms with Crippen molar-refractivity contribution >= 4 is 28.8 Å². The zero-order valence-corrected chi connectivity index (χ0v) is 14.8. The minimum absolute atomic E-state index is 0.0460. The topological polar surface area (TPSA) is 64.0 Å². The molecule has 0 aliphatic heterocycles. The standard InChI is InChI=1S/C21H21N3O2/c1-15(16(2)25)24-19-11-7-6-10-18(19)23-20(24)14-22-21(26)13-12-17-8-4-3-5-9-17/h3-13,15H,14H2,1-2H3,(H,22,26)/b13-12-. The van der Waals surface area contributed by atoms with Crippen molar-refractivity contribution in [2.75, 3.05) is 0 Å². The van der Waals surface area contributed by atoms with Crippen LogP contribution in [0.4, 0.5) is 0 Å². The van der Waals surface area contributed by atoms with Gasteiger partial charge >= 0.3 is 0 Å². The highest BCUT2D eigenvalue weighted by Crippen LogP contribution is 2.21. The molecular weight excluding hydrogens is 326 g/mol. The maximum atomic E-state index is 12.1. The maximum Gasteiger partial charge on any atom is 0.244 e. The SMILES string of the molecule is CC(=O)C(C)n1c(CNC(=O)/C=C\c2ccccc2)nc2ccccc21. The minimum Gasteiger partial charge on any atom is -0.345 e. The summed E-state index contributed by atoms with van der Waals surface area (Å²) in [6.07, 6.45) is 3.26. The molecule has 2 aromatic carbocycles. The second-order valence-electron chi connectivity index (χ2n) is 6.14. The zero-order chi connectivity index (χ0) is 18.5. The van der Waals surface area contributed by atoms with Crippen LogP contribution in [0.2, 0.25) is 0 Å². The third kappa shape index (κ3) is 3.88. The fourth-order valence-electron chi connectivity index (χ4n) is 2.79. The number of ketones is 1. The van der Waals surface area contributed by atoms with Crippen LogP contribution in [-0.4, -0.2) is 21.2 Å². The first-order valence-electron chi connectivity index (χ1n) is 8.53. The molecule has 0 spiro atoms. The van der Waals surface area contributed by atoms with E-state index >= 15 is 0 Å². The number of Topliss-reactive ketones (excluding diaryl/α,β-unsaturated/α-hetero) is 1. The Hall–Kier alpha value is -3.21. The number of imidazole rings is 1. The minimum atomic E-state index is -0.339. The summed E-state index contributed by atoms with van der Waals surface area (Å²) in [6, 6.07) is 16.9. The highest BCUT2D eigenvalue weighted by molar-refractivity contribution is 5.91. The van der Waals surface area contributed by atoms with Gasteiger partial charge in [0.25, 0.3) is 0 Å². The number of hydrogen-bond donors (Lipinski definition) is 1. The molecular formula is C21H21N3O2. The Morgan fingerprint density at radius 1 is 1.12 bits per heavy atom. The lowest BCUT2D eigenvalue weighted by Gasteiger charge is -2.15.